The van der Waals surface area contributed by atoms with Crippen molar-refractivity contribution in [2.75, 3.05) is 13.2 Å². The van der Waals surface area contributed by atoms with Crippen LogP contribution in [-0.4, -0.2) is 120 Å². The average molecular weight is 587 g/mol. The summed E-state index contributed by atoms with van der Waals surface area (Å²) in [7, 11) is 0. The van der Waals surface area contributed by atoms with Crippen molar-refractivity contribution in [3.05, 3.63) is 0 Å². The smallest absolute Gasteiger partial charge is 0.306 e. The molecule has 0 spiro atoms. The SMILES string of the molecule is C[C@@H]1O[C@@H](O[C@H]2C[C@@H](O)[C@]3(CO)C4C(O)C[C@]5(C)[C@@H](C6COC(=O)C6)CC[C@]5(O)C4CC[C@]3(O)C2)[C@H](O)[C@H](O)[C@H]1O. The molecule has 4 saturated carbocycles. The van der Waals surface area contributed by atoms with Crippen LogP contribution in [0.5, 0.6) is 0 Å². The zero-order valence-electron chi connectivity index (χ0n) is 23.7. The molecule has 4 unspecified atom stereocenters. The molecular formula is C29H46O12. The molecule has 0 aromatic carbocycles. The Bertz CT molecular complexity index is 1030. The Hall–Kier alpha value is -0.930. The second-order valence-corrected chi connectivity index (χ2v) is 14.2. The summed E-state index contributed by atoms with van der Waals surface area (Å²) in [4.78, 5) is 11.9. The molecule has 6 aliphatic rings. The van der Waals surface area contributed by atoms with E-state index in [9.17, 15) is 45.6 Å². The van der Waals surface area contributed by atoms with Crippen molar-refractivity contribution in [1.29, 1.82) is 0 Å². The summed E-state index contributed by atoms with van der Waals surface area (Å²) in [6.45, 7) is 3.20. The van der Waals surface area contributed by atoms with Gasteiger partial charge in [-0.1, -0.05) is 6.92 Å². The van der Waals surface area contributed by atoms with Crippen molar-refractivity contribution in [2.45, 2.75) is 125 Å². The minimum absolute atomic E-state index is 0.0278. The summed E-state index contributed by atoms with van der Waals surface area (Å²) in [6.07, 6.45) is -7.60. The fourth-order valence-electron chi connectivity index (χ4n) is 10.5. The molecule has 0 aromatic heterocycles. The highest BCUT2D eigenvalue weighted by Gasteiger charge is 2.75. The lowest BCUT2D eigenvalue weighted by molar-refractivity contribution is -0.342. The van der Waals surface area contributed by atoms with Crippen LogP contribution in [0.1, 0.15) is 65.2 Å². The number of ether oxygens (including phenoxy) is 3. The van der Waals surface area contributed by atoms with Crippen LogP contribution in [0, 0.1) is 34.5 Å². The molecule has 0 aromatic rings. The van der Waals surface area contributed by atoms with Gasteiger partial charge >= 0.3 is 5.97 Å². The van der Waals surface area contributed by atoms with E-state index in [1.54, 1.807) is 0 Å². The lowest BCUT2D eigenvalue weighted by Gasteiger charge is -2.68. The molecule has 234 valence electrons. The van der Waals surface area contributed by atoms with Crippen LogP contribution in [0.15, 0.2) is 0 Å². The summed E-state index contributed by atoms with van der Waals surface area (Å²) in [5.41, 5.74) is -5.13. The number of hydrogen-bond acceptors (Lipinski definition) is 12. The highest BCUT2D eigenvalue weighted by molar-refractivity contribution is 5.71. The number of carbonyl (C=O) groups excluding carboxylic acids is 1. The number of aliphatic hydroxyl groups is 8. The number of carbonyl (C=O) groups is 1. The predicted molar refractivity (Wildman–Crippen MR) is 139 cm³/mol. The van der Waals surface area contributed by atoms with Crippen LogP contribution >= 0.6 is 0 Å². The molecule has 12 nitrogen and oxygen atoms in total. The van der Waals surface area contributed by atoms with Crippen molar-refractivity contribution in [2.24, 2.45) is 34.5 Å². The third kappa shape index (κ3) is 4.05. The summed E-state index contributed by atoms with van der Waals surface area (Å²) in [5, 5.41) is 89.7. The number of cyclic esters (lactones) is 1. The van der Waals surface area contributed by atoms with Gasteiger partial charge in [0.2, 0.25) is 0 Å². The van der Waals surface area contributed by atoms with Crippen LogP contribution < -0.4 is 0 Å². The number of hydrogen-bond donors (Lipinski definition) is 8. The Morgan fingerprint density at radius 1 is 0.976 bits per heavy atom. The zero-order valence-corrected chi connectivity index (χ0v) is 23.7. The van der Waals surface area contributed by atoms with Gasteiger partial charge in [0, 0.05) is 30.1 Å². The summed E-state index contributed by atoms with van der Waals surface area (Å²) >= 11 is 0. The van der Waals surface area contributed by atoms with Crippen LogP contribution in [0.25, 0.3) is 0 Å². The molecule has 0 bridgehead atoms. The molecule has 0 radical (unpaired) electrons. The minimum Gasteiger partial charge on any atom is -0.465 e. The fraction of sp³-hybridized carbons (Fsp3) is 0.966. The summed E-state index contributed by atoms with van der Waals surface area (Å²) in [5.74, 6) is -1.63. The standard InChI is InChI=1S/C29H46O12/c1-13-22(34)23(35)24(36)25(40-13)41-15-8-19(32)28(12-30)21-17(3-5-27(28,37)9-15)29(38)6-4-16(14-7-20(33)39-11-14)26(29,2)10-18(21)31/h13-19,21-25,30-32,34-38H,3-12H2,1-2H3/t13-,14?,15-,16+,17?,18?,19+,21?,22-,23+,24+,25-,26+,27-,28+,29-/m0/s1. The molecule has 2 saturated heterocycles. The molecule has 6 rings (SSSR count). The molecule has 0 amide bonds. The fourth-order valence-corrected chi connectivity index (χ4v) is 10.5. The van der Waals surface area contributed by atoms with Crippen LogP contribution in [0.2, 0.25) is 0 Å². The minimum atomic E-state index is -1.66. The topological polar surface area (TPSA) is 207 Å². The lowest BCUT2D eigenvalue weighted by Crippen LogP contribution is -2.76. The first-order valence-corrected chi connectivity index (χ1v) is 15.1. The van der Waals surface area contributed by atoms with Gasteiger partial charge < -0.3 is 55.1 Å². The van der Waals surface area contributed by atoms with E-state index in [4.69, 9.17) is 14.2 Å². The number of fused-ring (bicyclic) bond motifs is 5. The molecule has 8 N–H and O–H groups in total. The maximum atomic E-state index is 12.4. The zero-order chi connectivity index (χ0) is 29.7. The Labute approximate surface area is 239 Å². The van der Waals surface area contributed by atoms with Crippen LogP contribution in [0.3, 0.4) is 0 Å². The van der Waals surface area contributed by atoms with Gasteiger partial charge in [-0.2, -0.15) is 0 Å². The first-order chi connectivity index (χ1) is 19.2. The Balaban J connectivity index is 1.27. The molecule has 6 fully saturated rings. The van der Waals surface area contributed by atoms with Gasteiger partial charge in [0.1, 0.15) is 18.3 Å². The molecule has 2 aliphatic heterocycles. The molecule has 12 heteroatoms. The van der Waals surface area contributed by atoms with Crippen molar-refractivity contribution in [3.8, 4) is 0 Å². The highest BCUT2D eigenvalue weighted by Crippen LogP contribution is 2.71. The van der Waals surface area contributed by atoms with Crippen molar-refractivity contribution in [3.63, 3.8) is 0 Å². The van der Waals surface area contributed by atoms with Gasteiger partial charge in [-0.25, -0.2) is 0 Å². The highest BCUT2D eigenvalue weighted by atomic mass is 16.7. The first kappa shape index (κ1) is 30.1. The summed E-state index contributed by atoms with van der Waals surface area (Å²) < 4.78 is 16.8. The number of esters is 1. The van der Waals surface area contributed by atoms with E-state index in [0.29, 0.717) is 25.9 Å². The molecular weight excluding hydrogens is 540 g/mol. The first-order valence-electron chi connectivity index (χ1n) is 15.1. The third-order valence-electron chi connectivity index (χ3n) is 12.6. The second kappa shape index (κ2) is 10.0. The monoisotopic (exact) mass is 586 g/mol. The molecule has 16 atom stereocenters. The van der Waals surface area contributed by atoms with Crippen molar-refractivity contribution < 1.29 is 59.9 Å². The van der Waals surface area contributed by atoms with E-state index in [0.717, 1.165) is 0 Å². The quantitative estimate of drug-likeness (QED) is 0.141. The Morgan fingerprint density at radius 2 is 1.68 bits per heavy atom. The van der Waals surface area contributed by atoms with E-state index in [2.05, 4.69) is 0 Å². The van der Waals surface area contributed by atoms with Gasteiger partial charge in [0.05, 0.1) is 60.7 Å². The normalized spacial score (nSPS) is 58.8. The van der Waals surface area contributed by atoms with Gasteiger partial charge in [0.15, 0.2) is 6.29 Å². The van der Waals surface area contributed by atoms with Gasteiger partial charge in [-0.3, -0.25) is 4.79 Å². The number of rotatable bonds is 4. The van der Waals surface area contributed by atoms with E-state index < -0.39 is 89.5 Å². The maximum Gasteiger partial charge on any atom is 0.306 e. The van der Waals surface area contributed by atoms with Crippen LogP contribution in [-0.2, 0) is 19.0 Å². The number of aliphatic hydroxyl groups excluding tert-OH is 6. The van der Waals surface area contributed by atoms with E-state index in [-0.39, 0.29) is 49.9 Å². The average Bonchev–Trinajstić information content (AvgIpc) is 3.45. The Kier molecular flexibility index (Phi) is 7.38. The Morgan fingerprint density at radius 3 is 2.34 bits per heavy atom. The van der Waals surface area contributed by atoms with Crippen LogP contribution in [0.4, 0.5) is 0 Å². The maximum absolute atomic E-state index is 12.4. The molecule has 4 aliphatic carbocycles. The van der Waals surface area contributed by atoms with E-state index >= 15 is 0 Å². The molecule has 2 heterocycles. The second-order valence-electron chi connectivity index (χ2n) is 14.2. The van der Waals surface area contributed by atoms with Gasteiger partial charge in [0.25, 0.3) is 0 Å². The third-order valence-corrected chi connectivity index (χ3v) is 12.6. The van der Waals surface area contributed by atoms with Crippen molar-refractivity contribution >= 4 is 5.97 Å². The predicted octanol–water partition coefficient (Wildman–Crippen LogP) is -1.44. The van der Waals surface area contributed by atoms with Gasteiger partial charge in [-0.15, -0.1) is 0 Å². The largest absolute Gasteiger partial charge is 0.465 e. The van der Waals surface area contributed by atoms with Crippen molar-refractivity contribution in [1.82, 2.24) is 0 Å². The summed E-state index contributed by atoms with van der Waals surface area (Å²) in [6, 6.07) is 0. The molecule has 41 heavy (non-hydrogen) atoms. The van der Waals surface area contributed by atoms with E-state index in [1.165, 1.54) is 6.92 Å². The van der Waals surface area contributed by atoms with Gasteiger partial charge in [-0.05, 0) is 50.9 Å². The van der Waals surface area contributed by atoms with E-state index in [1.807, 2.05) is 6.92 Å². The lowest BCUT2D eigenvalue weighted by atomic mass is 9.40.